The molecule has 172 valence electrons. The van der Waals surface area contributed by atoms with Crippen LogP contribution < -0.4 is 10.2 Å². The average Bonchev–Trinajstić information content (AvgIpc) is 3.27. The van der Waals surface area contributed by atoms with Gasteiger partial charge >= 0.3 is 0 Å². The first-order chi connectivity index (χ1) is 16.6. The lowest BCUT2D eigenvalue weighted by molar-refractivity contribution is 0.302. The minimum absolute atomic E-state index is 0.187. The lowest BCUT2D eigenvalue weighted by atomic mass is 10.1. The highest BCUT2D eigenvalue weighted by atomic mass is 35.5. The second-order valence-electron chi connectivity index (χ2n) is 7.53. The number of fused-ring (bicyclic) bond motifs is 2. The Hall–Kier alpha value is -3.00. The smallest absolute Gasteiger partial charge is 0.235 e. The largest absolute Gasteiger partial charge is 0.486 e. The predicted molar refractivity (Wildman–Crippen MR) is 136 cm³/mol. The van der Waals surface area contributed by atoms with Gasteiger partial charge in [-0.05, 0) is 61.4 Å². The first-order valence-corrected chi connectivity index (χ1v) is 12.4. The van der Waals surface area contributed by atoms with E-state index in [-0.39, 0.29) is 11.2 Å². The van der Waals surface area contributed by atoms with Crippen LogP contribution in [-0.4, -0.2) is 27.0 Å². The van der Waals surface area contributed by atoms with E-state index in [2.05, 4.69) is 10.2 Å². The molecule has 0 radical (unpaired) electrons. The summed E-state index contributed by atoms with van der Waals surface area (Å²) >= 11 is 13.8. The standard InChI is InChI=1S/C25H19Cl2N3O3S/c26-17-11-9-16(10-12-17)22-23(21(31)18-6-1-2-8-20(18)33-22)32-14-3-4-15-34-25-29-28-24-19(27)7-5-13-30(24)25/h1-2,5-13H,3-4,14-15H2. The van der Waals surface area contributed by atoms with Crippen molar-refractivity contribution in [1.29, 1.82) is 0 Å². The molecule has 0 saturated heterocycles. The summed E-state index contributed by atoms with van der Waals surface area (Å²) < 4.78 is 13.9. The van der Waals surface area contributed by atoms with Crippen molar-refractivity contribution < 1.29 is 9.15 Å². The Morgan fingerprint density at radius 1 is 0.971 bits per heavy atom. The van der Waals surface area contributed by atoms with Crippen molar-refractivity contribution in [3.8, 4) is 17.1 Å². The zero-order chi connectivity index (χ0) is 23.5. The third-order valence-corrected chi connectivity index (χ3v) is 6.81. The molecule has 3 aromatic heterocycles. The summed E-state index contributed by atoms with van der Waals surface area (Å²) in [5, 5.41) is 10.8. The molecule has 0 amide bonds. The molecule has 9 heteroatoms. The molecule has 0 bridgehead atoms. The van der Waals surface area contributed by atoms with Gasteiger partial charge in [-0.25, -0.2) is 0 Å². The third kappa shape index (κ3) is 4.64. The molecule has 5 aromatic rings. The number of unbranched alkanes of at least 4 members (excludes halogenated alkanes) is 1. The summed E-state index contributed by atoms with van der Waals surface area (Å²) in [6.45, 7) is 0.386. The first kappa shape index (κ1) is 22.8. The number of aromatic nitrogens is 3. The van der Waals surface area contributed by atoms with Gasteiger partial charge in [-0.15, -0.1) is 10.2 Å². The van der Waals surface area contributed by atoms with Crippen molar-refractivity contribution in [1.82, 2.24) is 14.6 Å². The number of nitrogens with zero attached hydrogens (tertiary/aromatic N) is 3. The summed E-state index contributed by atoms with van der Waals surface area (Å²) in [7, 11) is 0. The molecule has 0 aliphatic heterocycles. The van der Waals surface area contributed by atoms with Crippen LogP contribution in [0.4, 0.5) is 0 Å². The van der Waals surface area contributed by atoms with Crippen molar-refractivity contribution in [3.05, 3.63) is 87.1 Å². The molecule has 0 saturated carbocycles. The summed E-state index contributed by atoms with van der Waals surface area (Å²) in [5.74, 6) is 1.45. The highest BCUT2D eigenvalue weighted by molar-refractivity contribution is 7.99. The zero-order valence-electron chi connectivity index (χ0n) is 17.9. The molecular formula is C25H19Cl2N3O3S. The second-order valence-corrected chi connectivity index (χ2v) is 9.43. The van der Waals surface area contributed by atoms with Gasteiger partial charge in [-0.3, -0.25) is 9.20 Å². The number of benzene rings is 2. The van der Waals surface area contributed by atoms with Gasteiger partial charge in [0.2, 0.25) is 11.2 Å². The Kier molecular flexibility index (Phi) is 6.76. The molecular weight excluding hydrogens is 493 g/mol. The van der Waals surface area contributed by atoms with Crippen LogP contribution >= 0.6 is 35.0 Å². The van der Waals surface area contributed by atoms with Gasteiger partial charge in [-0.2, -0.15) is 0 Å². The number of ether oxygens (including phenoxy) is 1. The van der Waals surface area contributed by atoms with Crippen LogP contribution in [0.15, 0.2) is 81.2 Å². The minimum Gasteiger partial charge on any atom is -0.486 e. The summed E-state index contributed by atoms with van der Waals surface area (Å²) in [5.41, 5.74) is 1.71. The molecule has 6 nitrogen and oxygen atoms in total. The fourth-order valence-corrected chi connectivity index (χ4v) is 4.79. The van der Waals surface area contributed by atoms with Crippen molar-refractivity contribution in [2.75, 3.05) is 12.4 Å². The number of thioether (sulfide) groups is 1. The summed E-state index contributed by atoms with van der Waals surface area (Å²) in [4.78, 5) is 13.2. The maximum absolute atomic E-state index is 13.2. The van der Waals surface area contributed by atoms with Gasteiger partial charge in [0.25, 0.3) is 0 Å². The molecule has 0 atom stereocenters. The van der Waals surface area contributed by atoms with E-state index in [0.717, 1.165) is 29.3 Å². The summed E-state index contributed by atoms with van der Waals surface area (Å²) in [6.07, 6.45) is 3.52. The quantitative estimate of drug-likeness (QED) is 0.169. The van der Waals surface area contributed by atoms with Crippen LogP contribution in [-0.2, 0) is 0 Å². The Bertz CT molecular complexity index is 1520. The van der Waals surface area contributed by atoms with E-state index in [9.17, 15) is 4.79 Å². The molecule has 2 aromatic carbocycles. The number of halogens is 2. The van der Waals surface area contributed by atoms with Gasteiger partial charge in [0.1, 0.15) is 5.58 Å². The lowest BCUT2D eigenvalue weighted by Crippen LogP contribution is -2.11. The second kappa shape index (κ2) is 10.1. The maximum atomic E-state index is 13.2. The van der Waals surface area contributed by atoms with Gasteiger partial charge in [0.15, 0.2) is 16.6 Å². The molecule has 3 heterocycles. The van der Waals surface area contributed by atoms with Crippen LogP contribution in [0.25, 0.3) is 27.9 Å². The first-order valence-electron chi connectivity index (χ1n) is 10.7. The molecule has 0 unspecified atom stereocenters. The number of para-hydroxylation sites is 1. The lowest BCUT2D eigenvalue weighted by Gasteiger charge is -2.12. The molecule has 34 heavy (non-hydrogen) atoms. The Balaban J connectivity index is 1.27. The molecule has 0 aliphatic carbocycles. The van der Waals surface area contributed by atoms with Crippen LogP contribution in [0.3, 0.4) is 0 Å². The van der Waals surface area contributed by atoms with E-state index in [1.165, 1.54) is 0 Å². The normalized spacial score (nSPS) is 11.4. The van der Waals surface area contributed by atoms with Crippen molar-refractivity contribution in [3.63, 3.8) is 0 Å². The zero-order valence-corrected chi connectivity index (χ0v) is 20.2. The molecule has 0 spiro atoms. The Morgan fingerprint density at radius 3 is 2.65 bits per heavy atom. The van der Waals surface area contributed by atoms with Gasteiger partial charge in [-0.1, -0.05) is 47.1 Å². The SMILES string of the molecule is O=c1c(OCCCCSc2nnc3c(Cl)cccn23)c(-c2ccc(Cl)cc2)oc2ccccc12. The van der Waals surface area contributed by atoms with Crippen LogP contribution in [0.5, 0.6) is 5.75 Å². The van der Waals surface area contributed by atoms with E-state index in [1.54, 1.807) is 42.1 Å². The topological polar surface area (TPSA) is 69.6 Å². The monoisotopic (exact) mass is 511 g/mol. The van der Waals surface area contributed by atoms with E-state index >= 15 is 0 Å². The fraction of sp³-hybridized carbons (Fsp3) is 0.160. The molecule has 5 rings (SSSR count). The van der Waals surface area contributed by atoms with E-state index in [0.29, 0.717) is 39.0 Å². The summed E-state index contributed by atoms with van der Waals surface area (Å²) in [6, 6.07) is 18.0. The van der Waals surface area contributed by atoms with Crippen LogP contribution in [0.2, 0.25) is 10.0 Å². The number of hydrogen-bond acceptors (Lipinski definition) is 6. The van der Waals surface area contributed by atoms with E-state index in [4.69, 9.17) is 32.4 Å². The maximum Gasteiger partial charge on any atom is 0.235 e. The minimum atomic E-state index is -0.187. The highest BCUT2D eigenvalue weighted by Gasteiger charge is 2.17. The fourth-order valence-electron chi connectivity index (χ4n) is 3.55. The van der Waals surface area contributed by atoms with E-state index in [1.807, 2.05) is 40.9 Å². The predicted octanol–water partition coefficient (Wildman–Crippen LogP) is 6.76. The van der Waals surface area contributed by atoms with Crippen molar-refractivity contribution >= 4 is 51.6 Å². The average molecular weight is 512 g/mol. The van der Waals surface area contributed by atoms with Gasteiger partial charge in [0, 0.05) is 22.5 Å². The van der Waals surface area contributed by atoms with Crippen LogP contribution in [0, 0.1) is 0 Å². The Morgan fingerprint density at radius 2 is 1.79 bits per heavy atom. The molecule has 0 aliphatic rings. The van der Waals surface area contributed by atoms with Crippen LogP contribution in [0.1, 0.15) is 12.8 Å². The van der Waals surface area contributed by atoms with Crippen molar-refractivity contribution in [2.24, 2.45) is 0 Å². The number of pyridine rings is 1. The third-order valence-electron chi connectivity index (χ3n) is 5.23. The van der Waals surface area contributed by atoms with E-state index < -0.39 is 0 Å². The molecule has 0 N–H and O–H groups in total. The Labute approximate surface area is 209 Å². The van der Waals surface area contributed by atoms with Gasteiger partial charge < -0.3 is 9.15 Å². The molecule has 0 fully saturated rings. The highest BCUT2D eigenvalue weighted by Crippen LogP contribution is 2.32. The number of hydrogen-bond donors (Lipinski definition) is 0. The number of rotatable bonds is 8. The van der Waals surface area contributed by atoms with Crippen molar-refractivity contribution in [2.45, 2.75) is 18.0 Å². The van der Waals surface area contributed by atoms with Gasteiger partial charge in [0.05, 0.1) is 17.0 Å².